The van der Waals surface area contributed by atoms with Gasteiger partial charge in [-0.2, -0.15) is 5.10 Å². The molecule has 0 fully saturated rings. The van der Waals surface area contributed by atoms with Crippen molar-refractivity contribution in [3.05, 3.63) is 69.4 Å². The van der Waals surface area contributed by atoms with E-state index in [9.17, 15) is 14.0 Å². The van der Waals surface area contributed by atoms with Crippen molar-refractivity contribution < 1.29 is 23.4 Å². The molecule has 0 aliphatic rings. The molecule has 1 heterocycles. The summed E-state index contributed by atoms with van der Waals surface area (Å²) in [6.45, 7) is 9.98. The number of aryl methyl sites for hydroxylation is 1. The molecule has 0 bridgehead atoms. The first-order valence-electron chi connectivity index (χ1n) is 11.3. The van der Waals surface area contributed by atoms with Gasteiger partial charge >= 0.3 is 0 Å². The van der Waals surface area contributed by atoms with Crippen LogP contribution in [0.2, 0.25) is 0 Å². The summed E-state index contributed by atoms with van der Waals surface area (Å²) in [5.41, 5.74) is 3.99. The predicted octanol–water partition coefficient (Wildman–Crippen LogP) is 3.96. The first kappa shape index (κ1) is 25.5. The van der Waals surface area contributed by atoms with Crippen LogP contribution in [0.3, 0.4) is 0 Å². The molecule has 0 saturated heterocycles. The minimum Gasteiger partial charge on any atom is -0.490 e. The molecule has 0 aliphatic heterocycles. The number of aromatic amines is 1. The van der Waals surface area contributed by atoms with Crippen LogP contribution < -0.4 is 25.2 Å². The van der Waals surface area contributed by atoms with Gasteiger partial charge in [0.15, 0.2) is 11.5 Å². The van der Waals surface area contributed by atoms with E-state index in [0.29, 0.717) is 59.7 Å². The highest BCUT2D eigenvalue weighted by molar-refractivity contribution is 6.01. The fourth-order valence-corrected chi connectivity index (χ4v) is 3.52. The normalized spacial score (nSPS) is 11.3. The van der Waals surface area contributed by atoms with Gasteiger partial charge < -0.3 is 14.2 Å². The van der Waals surface area contributed by atoms with E-state index in [-0.39, 0.29) is 11.1 Å². The Kier molecular flexibility index (Phi) is 8.30. The molecular formula is C25H29FN4O5. The number of H-pyrrole nitrogens is 1. The number of carbonyl (C=O) groups is 1. The zero-order valence-corrected chi connectivity index (χ0v) is 20.4. The lowest BCUT2D eigenvalue weighted by molar-refractivity contribution is 0.0953. The number of nitrogens with zero attached hydrogens (tertiary/aromatic N) is 2. The Bertz CT molecular complexity index is 1250. The minimum atomic E-state index is -0.513. The van der Waals surface area contributed by atoms with E-state index in [2.05, 4.69) is 15.6 Å². The molecule has 2 N–H and O–H groups in total. The summed E-state index contributed by atoms with van der Waals surface area (Å²) in [5, 5.41) is 7.09. The standard InChI is InChI=1S/C25H29FN4O5/c1-6-33-20-13-17(14-21(34-7-2)23(20)35-8-3)24(31)28-27-15(4)22-16(5)29-30(25(22)32)19-11-9-18(26)10-12-19/h9-14,29H,6-8H2,1-5H3,(H,28,31)/b27-15+. The third-order valence-electron chi connectivity index (χ3n) is 5.01. The molecular weight excluding hydrogens is 455 g/mol. The molecule has 2 aromatic carbocycles. The van der Waals surface area contributed by atoms with E-state index < -0.39 is 11.7 Å². The van der Waals surface area contributed by atoms with E-state index in [1.807, 2.05) is 20.8 Å². The van der Waals surface area contributed by atoms with Crippen LogP contribution in [0.25, 0.3) is 5.69 Å². The van der Waals surface area contributed by atoms with E-state index in [1.165, 1.54) is 28.9 Å². The van der Waals surface area contributed by atoms with Gasteiger partial charge in [-0.15, -0.1) is 0 Å². The molecule has 0 saturated carbocycles. The average molecular weight is 485 g/mol. The highest BCUT2D eigenvalue weighted by Crippen LogP contribution is 2.39. The number of nitrogens with one attached hydrogen (secondary N) is 2. The van der Waals surface area contributed by atoms with Crippen LogP contribution in [0.4, 0.5) is 4.39 Å². The SMILES string of the molecule is CCOc1cc(C(=O)N/N=C(\C)c2c(C)[nH]n(-c3ccc(F)cc3)c2=O)cc(OCC)c1OCC. The highest BCUT2D eigenvalue weighted by Gasteiger charge is 2.19. The number of hydrogen-bond acceptors (Lipinski definition) is 6. The first-order valence-corrected chi connectivity index (χ1v) is 11.3. The number of amides is 1. The maximum absolute atomic E-state index is 13.2. The number of hydrazone groups is 1. The number of halogens is 1. The second kappa shape index (κ2) is 11.4. The van der Waals surface area contributed by atoms with Gasteiger partial charge in [-0.05, 0) is 71.0 Å². The maximum Gasteiger partial charge on any atom is 0.280 e. The van der Waals surface area contributed by atoms with Gasteiger partial charge in [0, 0.05) is 11.3 Å². The Hall–Kier alpha value is -4.08. The third kappa shape index (κ3) is 5.71. The highest BCUT2D eigenvalue weighted by atomic mass is 19.1. The van der Waals surface area contributed by atoms with Gasteiger partial charge in [-0.25, -0.2) is 14.5 Å². The molecule has 1 aromatic heterocycles. The van der Waals surface area contributed by atoms with Crippen molar-refractivity contribution in [2.75, 3.05) is 19.8 Å². The summed E-state index contributed by atoms with van der Waals surface area (Å²) in [6.07, 6.45) is 0. The molecule has 10 heteroatoms. The van der Waals surface area contributed by atoms with Crippen LogP contribution in [0.15, 0.2) is 46.3 Å². The number of ether oxygens (including phenoxy) is 3. The minimum absolute atomic E-state index is 0.256. The zero-order chi connectivity index (χ0) is 25.5. The smallest absolute Gasteiger partial charge is 0.280 e. The first-order chi connectivity index (χ1) is 16.8. The van der Waals surface area contributed by atoms with Gasteiger partial charge in [-0.1, -0.05) is 0 Å². The number of rotatable bonds is 10. The third-order valence-corrected chi connectivity index (χ3v) is 5.01. The van der Waals surface area contributed by atoms with Crippen LogP contribution in [0.5, 0.6) is 17.2 Å². The molecule has 0 unspecified atom stereocenters. The predicted molar refractivity (Wildman–Crippen MR) is 131 cm³/mol. The summed E-state index contributed by atoms with van der Waals surface area (Å²) in [7, 11) is 0. The van der Waals surface area contributed by atoms with E-state index in [0.717, 1.165) is 0 Å². The van der Waals surface area contributed by atoms with Gasteiger partial charge in [-0.3, -0.25) is 14.7 Å². The van der Waals surface area contributed by atoms with Crippen molar-refractivity contribution in [1.29, 1.82) is 0 Å². The van der Waals surface area contributed by atoms with Gasteiger partial charge in [0.05, 0.1) is 36.8 Å². The molecule has 0 radical (unpaired) electrons. The molecule has 3 rings (SSSR count). The monoisotopic (exact) mass is 484 g/mol. The fourth-order valence-electron chi connectivity index (χ4n) is 3.52. The Balaban J connectivity index is 1.89. The largest absolute Gasteiger partial charge is 0.490 e. The summed E-state index contributed by atoms with van der Waals surface area (Å²) >= 11 is 0. The average Bonchev–Trinajstić information content (AvgIpc) is 3.13. The zero-order valence-electron chi connectivity index (χ0n) is 20.4. The number of aromatic nitrogens is 2. The Morgan fingerprint density at radius 2 is 1.60 bits per heavy atom. The van der Waals surface area contributed by atoms with E-state index in [1.54, 1.807) is 26.0 Å². The molecule has 186 valence electrons. The van der Waals surface area contributed by atoms with Crippen molar-refractivity contribution in [3.63, 3.8) is 0 Å². The molecule has 3 aromatic rings. The van der Waals surface area contributed by atoms with Crippen LogP contribution >= 0.6 is 0 Å². The Labute approximate surface area is 202 Å². The van der Waals surface area contributed by atoms with Gasteiger partial charge in [0.1, 0.15) is 5.82 Å². The van der Waals surface area contributed by atoms with Crippen molar-refractivity contribution in [2.24, 2.45) is 5.10 Å². The van der Waals surface area contributed by atoms with Gasteiger partial charge in [0.2, 0.25) is 5.75 Å². The fraction of sp³-hybridized carbons (Fsp3) is 0.320. The number of hydrogen-bond donors (Lipinski definition) is 2. The van der Waals surface area contributed by atoms with Crippen LogP contribution in [-0.4, -0.2) is 41.2 Å². The van der Waals surface area contributed by atoms with Crippen molar-refractivity contribution in [2.45, 2.75) is 34.6 Å². The lowest BCUT2D eigenvalue weighted by atomic mass is 10.1. The van der Waals surface area contributed by atoms with Crippen molar-refractivity contribution in [3.8, 4) is 22.9 Å². The topological polar surface area (TPSA) is 107 Å². The molecule has 1 amide bonds. The molecule has 0 aliphatic carbocycles. The van der Waals surface area contributed by atoms with Crippen molar-refractivity contribution in [1.82, 2.24) is 15.2 Å². The van der Waals surface area contributed by atoms with Crippen LogP contribution in [-0.2, 0) is 0 Å². The molecule has 35 heavy (non-hydrogen) atoms. The van der Waals surface area contributed by atoms with Gasteiger partial charge in [0.25, 0.3) is 11.5 Å². The molecule has 0 spiro atoms. The lowest BCUT2D eigenvalue weighted by Crippen LogP contribution is -2.23. The Morgan fingerprint density at radius 3 is 2.14 bits per heavy atom. The van der Waals surface area contributed by atoms with E-state index >= 15 is 0 Å². The summed E-state index contributed by atoms with van der Waals surface area (Å²) in [6, 6.07) is 8.62. The Morgan fingerprint density at radius 1 is 1.03 bits per heavy atom. The van der Waals surface area contributed by atoms with Crippen LogP contribution in [0, 0.1) is 12.7 Å². The summed E-state index contributed by atoms with van der Waals surface area (Å²) in [4.78, 5) is 25.9. The second-order valence-corrected chi connectivity index (χ2v) is 7.47. The quantitative estimate of drug-likeness (QED) is 0.335. The van der Waals surface area contributed by atoms with Crippen LogP contribution in [0.1, 0.15) is 49.3 Å². The van der Waals surface area contributed by atoms with E-state index in [4.69, 9.17) is 14.2 Å². The molecule has 9 nitrogen and oxygen atoms in total. The molecule has 0 atom stereocenters. The lowest BCUT2D eigenvalue weighted by Gasteiger charge is -2.16. The number of benzene rings is 2. The second-order valence-electron chi connectivity index (χ2n) is 7.47. The van der Waals surface area contributed by atoms with Crippen molar-refractivity contribution >= 4 is 11.6 Å². The maximum atomic E-state index is 13.2. The summed E-state index contributed by atoms with van der Waals surface area (Å²) in [5.74, 6) is 0.280. The number of carbonyl (C=O) groups excluding carboxylic acids is 1. The summed E-state index contributed by atoms with van der Waals surface area (Å²) < 4.78 is 31.5.